The average Bonchev–Trinajstić information content (AvgIpc) is 2.41. The summed E-state index contributed by atoms with van der Waals surface area (Å²) in [6, 6.07) is 1.16. The van der Waals surface area contributed by atoms with Gasteiger partial charge in [-0.2, -0.15) is 0 Å². The molecule has 2 unspecified atom stereocenters. The van der Waals surface area contributed by atoms with E-state index in [1.807, 2.05) is 0 Å². The van der Waals surface area contributed by atoms with Crippen LogP contribution in [0.2, 0.25) is 0 Å². The van der Waals surface area contributed by atoms with E-state index < -0.39 is 0 Å². The molecule has 2 atom stereocenters. The maximum atomic E-state index is 5.82. The minimum absolute atomic E-state index is 0.504. The van der Waals surface area contributed by atoms with Crippen LogP contribution in [0.4, 0.5) is 0 Å². The van der Waals surface area contributed by atoms with Gasteiger partial charge in [0.15, 0.2) is 0 Å². The van der Waals surface area contributed by atoms with E-state index in [9.17, 15) is 0 Å². The van der Waals surface area contributed by atoms with Gasteiger partial charge in [0.25, 0.3) is 0 Å². The lowest BCUT2D eigenvalue weighted by Crippen LogP contribution is -2.54. The molecule has 1 heterocycles. The zero-order valence-electron chi connectivity index (χ0n) is 12.1. The smallest absolute Gasteiger partial charge is 0.0254 e. The zero-order valence-corrected chi connectivity index (χ0v) is 12.1. The molecule has 1 saturated heterocycles. The summed E-state index contributed by atoms with van der Waals surface area (Å²) in [5.41, 5.74) is 3.11. The van der Waals surface area contributed by atoms with Gasteiger partial charge in [-0.05, 0) is 39.3 Å². The first-order valence-corrected chi connectivity index (χ1v) is 7.55. The molecule has 1 saturated carbocycles. The molecule has 0 radical (unpaired) electrons. The van der Waals surface area contributed by atoms with Crippen LogP contribution in [-0.4, -0.2) is 55.6 Å². The lowest BCUT2D eigenvalue weighted by Gasteiger charge is -2.41. The van der Waals surface area contributed by atoms with Crippen LogP contribution in [0.5, 0.6) is 0 Å². The number of nitrogens with one attached hydrogen (secondary N) is 1. The topological polar surface area (TPSA) is 44.5 Å². The molecular weight excluding hydrogens is 224 g/mol. The number of nitrogens with zero attached hydrogens (tertiary/aromatic N) is 2. The molecule has 0 aromatic heterocycles. The third-order valence-electron chi connectivity index (χ3n) is 4.94. The van der Waals surface area contributed by atoms with Crippen molar-refractivity contribution in [2.24, 2.45) is 11.8 Å². The van der Waals surface area contributed by atoms with Crippen LogP contribution in [0, 0.1) is 5.92 Å². The number of hydrogen-bond acceptors (Lipinski definition) is 4. The highest BCUT2D eigenvalue weighted by molar-refractivity contribution is 4.86. The summed E-state index contributed by atoms with van der Waals surface area (Å²) in [6.45, 7) is 3.56. The maximum absolute atomic E-state index is 5.82. The lowest BCUT2D eigenvalue weighted by molar-refractivity contribution is 0.0906. The van der Waals surface area contributed by atoms with Crippen LogP contribution in [0.25, 0.3) is 0 Å². The Morgan fingerprint density at radius 3 is 2.56 bits per heavy atom. The van der Waals surface area contributed by atoms with E-state index in [-0.39, 0.29) is 0 Å². The Hall–Kier alpha value is -0.160. The van der Waals surface area contributed by atoms with Crippen molar-refractivity contribution < 1.29 is 0 Å². The van der Waals surface area contributed by atoms with Gasteiger partial charge in [0.2, 0.25) is 0 Å². The molecule has 0 aromatic rings. The standard InChI is InChI=1S/C14H30N4/c1-17-8-9-18(2)13(11-17)10-14(16-15)12-6-4-3-5-7-12/h12-14,16H,3-11,15H2,1-2H3. The second kappa shape index (κ2) is 6.85. The summed E-state index contributed by atoms with van der Waals surface area (Å²) in [6.07, 6.45) is 8.12. The van der Waals surface area contributed by atoms with E-state index in [1.165, 1.54) is 58.2 Å². The molecule has 1 aliphatic heterocycles. The molecule has 106 valence electrons. The second-order valence-electron chi connectivity index (χ2n) is 6.30. The van der Waals surface area contributed by atoms with Gasteiger partial charge in [-0.3, -0.25) is 11.3 Å². The number of rotatable bonds is 4. The predicted octanol–water partition coefficient (Wildman–Crippen LogP) is 1.03. The molecule has 4 nitrogen and oxygen atoms in total. The lowest BCUT2D eigenvalue weighted by atomic mass is 9.81. The fourth-order valence-corrected chi connectivity index (χ4v) is 3.58. The van der Waals surface area contributed by atoms with Gasteiger partial charge < -0.3 is 9.80 Å². The summed E-state index contributed by atoms with van der Waals surface area (Å²) in [5.74, 6) is 6.61. The Balaban J connectivity index is 1.87. The van der Waals surface area contributed by atoms with E-state index in [0.717, 1.165) is 5.92 Å². The quantitative estimate of drug-likeness (QED) is 0.581. The zero-order chi connectivity index (χ0) is 13.0. The van der Waals surface area contributed by atoms with E-state index in [0.29, 0.717) is 12.1 Å². The minimum atomic E-state index is 0.504. The Morgan fingerprint density at radius 1 is 1.17 bits per heavy atom. The van der Waals surface area contributed by atoms with Crippen molar-refractivity contribution in [1.82, 2.24) is 15.2 Å². The highest BCUT2D eigenvalue weighted by atomic mass is 15.3. The Labute approximate surface area is 112 Å². The van der Waals surface area contributed by atoms with Gasteiger partial charge in [0.05, 0.1) is 0 Å². The summed E-state index contributed by atoms with van der Waals surface area (Å²) in [5, 5.41) is 0. The highest BCUT2D eigenvalue weighted by Gasteiger charge is 2.29. The van der Waals surface area contributed by atoms with Gasteiger partial charge in [0, 0.05) is 31.7 Å². The number of piperazine rings is 1. The van der Waals surface area contributed by atoms with E-state index >= 15 is 0 Å². The monoisotopic (exact) mass is 254 g/mol. The van der Waals surface area contributed by atoms with Crippen molar-refractivity contribution in [3.05, 3.63) is 0 Å². The van der Waals surface area contributed by atoms with Crippen molar-refractivity contribution in [3.63, 3.8) is 0 Å². The first-order chi connectivity index (χ1) is 8.70. The van der Waals surface area contributed by atoms with Crippen LogP contribution in [0.1, 0.15) is 38.5 Å². The molecule has 1 aliphatic carbocycles. The van der Waals surface area contributed by atoms with E-state index in [1.54, 1.807) is 0 Å². The fraction of sp³-hybridized carbons (Fsp3) is 1.00. The summed E-state index contributed by atoms with van der Waals surface area (Å²) >= 11 is 0. The van der Waals surface area contributed by atoms with Crippen molar-refractivity contribution in [2.45, 2.75) is 50.6 Å². The molecule has 4 heteroatoms. The van der Waals surface area contributed by atoms with Gasteiger partial charge in [-0.15, -0.1) is 0 Å². The third kappa shape index (κ3) is 3.67. The number of hydrazine groups is 1. The van der Waals surface area contributed by atoms with E-state index in [4.69, 9.17) is 5.84 Å². The van der Waals surface area contributed by atoms with Crippen LogP contribution in [0.3, 0.4) is 0 Å². The number of nitrogens with two attached hydrogens (primary N) is 1. The molecule has 0 spiro atoms. The molecule has 3 N–H and O–H groups in total. The summed E-state index contributed by atoms with van der Waals surface area (Å²) in [7, 11) is 4.48. The highest BCUT2D eigenvalue weighted by Crippen LogP contribution is 2.29. The van der Waals surface area contributed by atoms with Gasteiger partial charge >= 0.3 is 0 Å². The van der Waals surface area contributed by atoms with Crippen LogP contribution in [-0.2, 0) is 0 Å². The van der Waals surface area contributed by atoms with Crippen LogP contribution in [0.15, 0.2) is 0 Å². The molecule has 2 fully saturated rings. The molecule has 0 aromatic carbocycles. The predicted molar refractivity (Wildman–Crippen MR) is 76.2 cm³/mol. The van der Waals surface area contributed by atoms with Crippen molar-refractivity contribution in [2.75, 3.05) is 33.7 Å². The molecule has 2 rings (SSSR count). The van der Waals surface area contributed by atoms with Crippen molar-refractivity contribution in [1.29, 1.82) is 0 Å². The Kier molecular flexibility index (Phi) is 5.42. The van der Waals surface area contributed by atoms with Gasteiger partial charge in [0.1, 0.15) is 0 Å². The average molecular weight is 254 g/mol. The van der Waals surface area contributed by atoms with Crippen LogP contribution < -0.4 is 11.3 Å². The largest absolute Gasteiger partial charge is 0.304 e. The first-order valence-electron chi connectivity index (χ1n) is 7.55. The third-order valence-corrected chi connectivity index (χ3v) is 4.94. The fourth-order valence-electron chi connectivity index (χ4n) is 3.58. The maximum Gasteiger partial charge on any atom is 0.0254 e. The molecular formula is C14H30N4. The van der Waals surface area contributed by atoms with Crippen molar-refractivity contribution >= 4 is 0 Å². The minimum Gasteiger partial charge on any atom is -0.304 e. The Bertz CT molecular complexity index is 240. The Morgan fingerprint density at radius 2 is 1.89 bits per heavy atom. The molecule has 0 amide bonds. The van der Waals surface area contributed by atoms with Crippen molar-refractivity contribution in [3.8, 4) is 0 Å². The SMILES string of the molecule is CN1CCN(C)C(CC(NN)C2CCCCC2)C1. The van der Waals surface area contributed by atoms with Crippen LogP contribution >= 0.6 is 0 Å². The second-order valence-corrected chi connectivity index (χ2v) is 6.30. The normalized spacial score (nSPS) is 30.5. The summed E-state index contributed by atoms with van der Waals surface area (Å²) < 4.78 is 0. The molecule has 18 heavy (non-hydrogen) atoms. The molecule has 0 bridgehead atoms. The number of likely N-dealkylation sites (N-methyl/N-ethyl adjacent to an activating group) is 2. The van der Waals surface area contributed by atoms with Gasteiger partial charge in [-0.25, -0.2) is 0 Å². The molecule has 2 aliphatic rings. The first kappa shape index (κ1) is 14.3. The summed E-state index contributed by atoms with van der Waals surface area (Å²) in [4.78, 5) is 4.95. The number of hydrogen-bond donors (Lipinski definition) is 2. The van der Waals surface area contributed by atoms with Gasteiger partial charge in [-0.1, -0.05) is 19.3 Å². The van der Waals surface area contributed by atoms with E-state index in [2.05, 4.69) is 29.3 Å².